The molecule has 0 aliphatic heterocycles. The standard InChI is InChI=1S/C16H25NO2/c1-13-9-10-16(18)15(11-13)17-12-19-14-7-5-3-2-4-6-8-14/h9-11,14,17-18H,2-8,12H2,1H3. The van der Waals surface area contributed by atoms with Crippen molar-refractivity contribution in [2.24, 2.45) is 0 Å². The minimum Gasteiger partial charge on any atom is -0.506 e. The Balaban J connectivity index is 1.77. The van der Waals surface area contributed by atoms with Gasteiger partial charge in [0, 0.05) is 0 Å². The summed E-state index contributed by atoms with van der Waals surface area (Å²) < 4.78 is 5.90. The van der Waals surface area contributed by atoms with Gasteiger partial charge in [-0.15, -0.1) is 0 Å². The van der Waals surface area contributed by atoms with Gasteiger partial charge < -0.3 is 15.2 Å². The van der Waals surface area contributed by atoms with Gasteiger partial charge in [-0.2, -0.15) is 0 Å². The summed E-state index contributed by atoms with van der Waals surface area (Å²) in [6.45, 7) is 2.49. The third-order valence-corrected chi connectivity index (χ3v) is 3.79. The van der Waals surface area contributed by atoms with Crippen molar-refractivity contribution in [2.45, 2.75) is 58.0 Å². The molecule has 0 spiro atoms. The van der Waals surface area contributed by atoms with Crippen LogP contribution in [0.4, 0.5) is 5.69 Å². The van der Waals surface area contributed by atoms with Crippen LogP contribution in [0.1, 0.15) is 50.5 Å². The Morgan fingerprint density at radius 3 is 2.58 bits per heavy atom. The summed E-state index contributed by atoms with van der Waals surface area (Å²) in [6, 6.07) is 5.56. The van der Waals surface area contributed by atoms with Crippen molar-refractivity contribution < 1.29 is 9.84 Å². The maximum absolute atomic E-state index is 9.74. The molecule has 1 saturated carbocycles. The van der Waals surface area contributed by atoms with E-state index in [2.05, 4.69) is 5.32 Å². The van der Waals surface area contributed by atoms with E-state index in [1.54, 1.807) is 6.07 Å². The van der Waals surface area contributed by atoms with Gasteiger partial charge in [0.25, 0.3) is 0 Å². The quantitative estimate of drug-likeness (QED) is 0.632. The number of ether oxygens (including phenoxy) is 1. The van der Waals surface area contributed by atoms with Crippen molar-refractivity contribution in [3.63, 3.8) is 0 Å². The molecule has 19 heavy (non-hydrogen) atoms. The molecular weight excluding hydrogens is 238 g/mol. The number of aryl methyl sites for hydroxylation is 1. The van der Waals surface area contributed by atoms with E-state index < -0.39 is 0 Å². The van der Waals surface area contributed by atoms with Crippen LogP contribution in [0.3, 0.4) is 0 Å². The largest absolute Gasteiger partial charge is 0.506 e. The van der Waals surface area contributed by atoms with Gasteiger partial charge in [0.05, 0.1) is 11.8 Å². The number of nitrogens with one attached hydrogen (secondary N) is 1. The van der Waals surface area contributed by atoms with E-state index in [9.17, 15) is 5.11 Å². The summed E-state index contributed by atoms with van der Waals surface area (Å²) in [7, 11) is 0. The lowest BCUT2D eigenvalue weighted by atomic mass is 9.99. The second-order valence-corrected chi connectivity index (χ2v) is 5.48. The number of hydrogen-bond acceptors (Lipinski definition) is 3. The van der Waals surface area contributed by atoms with E-state index in [1.165, 1.54) is 44.9 Å². The predicted octanol–water partition coefficient (Wildman–Crippen LogP) is 4.20. The van der Waals surface area contributed by atoms with Gasteiger partial charge >= 0.3 is 0 Å². The minimum atomic E-state index is 0.284. The number of benzene rings is 1. The van der Waals surface area contributed by atoms with E-state index in [-0.39, 0.29) is 5.75 Å². The van der Waals surface area contributed by atoms with E-state index in [0.717, 1.165) is 11.3 Å². The van der Waals surface area contributed by atoms with Crippen LogP contribution < -0.4 is 5.32 Å². The highest BCUT2D eigenvalue weighted by Crippen LogP contribution is 2.24. The Morgan fingerprint density at radius 1 is 1.16 bits per heavy atom. The molecule has 106 valence electrons. The van der Waals surface area contributed by atoms with Crippen molar-refractivity contribution in [2.75, 3.05) is 12.0 Å². The van der Waals surface area contributed by atoms with E-state index >= 15 is 0 Å². The summed E-state index contributed by atoms with van der Waals surface area (Å²) in [5.74, 6) is 0.284. The Hall–Kier alpha value is -1.22. The van der Waals surface area contributed by atoms with Crippen molar-refractivity contribution >= 4 is 5.69 Å². The molecule has 3 heteroatoms. The van der Waals surface area contributed by atoms with Gasteiger partial charge in [-0.05, 0) is 37.5 Å². The third kappa shape index (κ3) is 4.75. The van der Waals surface area contributed by atoms with Crippen LogP contribution in [0.5, 0.6) is 5.75 Å². The molecule has 2 N–H and O–H groups in total. The highest BCUT2D eigenvalue weighted by molar-refractivity contribution is 5.56. The molecule has 0 atom stereocenters. The first-order valence-corrected chi connectivity index (χ1v) is 7.41. The lowest BCUT2D eigenvalue weighted by molar-refractivity contribution is 0.0474. The molecule has 1 aromatic carbocycles. The number of aromatic hydroxyl groups is 1. The molecule has 0 radical (unpaired) electrons. The second kappa shape index (κ2) is 7.39. The summed E-state index contributed by atoms with van der Waals surface area (Å²) >= 11 is 0. The summed E-state index contributed by atoms with van der Waals surface area (Å²) in [5.41, 5.74) is 1.89. The summed E-state index contributed by atoms with van der Waals surface area (Å²) in [6.07, 6.45) is 9.32. The van der Waals surface area contributed by atoms with Gasteiger partial charge in [0.2, 0.25) is 0 Å². The average Bonchev–Trinajstić information content (AvgIpc) is 2.36. The van der Waals surface area contributed by atoms with Crippen molar-refractivity contribution in [3.05, 3.63) is 23.8 Å². The molecule has 0 heterocycles. The first kappa shape index (κ1) is 14.2. The maximum atomic E-state index is 9.74. The molecule has 0 saturated heterocycles. The third-order valence-electron chi connectivity index (χ3n) is 3.79. The SMILES string of the molecule is Cc1ccc(O)c(NCOC2CCCCCCC2)c1. The number of rotatable bonds is 4. The highest BCUT2D eigenvalue weighted by Gasteiger charge is 2.11. The lowest BCUT2D eigenvalue weighted by Crippen LogP contribution is -2.19. The fourth-order valence-electron chi connectivity index (χ4n) is 2.61. The van der Waals surface area contributed by atoms with Gasteiger partial charge in [-0.1, -0.05) is 38.2 Å². The Morgan fingerprint density at radius 2 is 1.84 bits per heavy atom. The average molecular weight is 263 g/mol. The van der Waals surface area contributed by atoms with Gasteiger partial charge in [-0.3, -0.25) is 0 Å². The maximum Gasteiger partial charge on any atom is 0.138 e. The Bertz CT molecular complexity index is 384. The van der Waals surface area contributed by atoms with Gasteiger partial charge in [0.1, 0.15) is 12.5 Å². The number of hydrogen-bond donors (Lipinski definition) is 2. The van der Waals surface area contributed by atoms with Crippen LogP contribution in [-0.2, 0) is 4.74 Å². The molecule has 1 aliphatic rings. The normalized spacial score (nSPS) is 17.7. The zero-order valence-electron chi connectivity index (χ0n) is 11.8. The number of phenols is 1. The molecule has 0 bridgehead atoms. The van der Waals surface area contributed by atoms with Crippen LogP contribution >= 0.6 is 0 Å². The lowest BCUT2D eigenvalue weighted by Gasteiger charge is -2.21. The fourth-order valence-corrected chi connectivity index (χ4v) is 2.61. The van der Waals surface area contributed by atoms with E-state index in [0.29, 0.717) is 12.8 Å². The molecule has 0 unspecified atom stereocenters. The summed E-state index contributed by atoms with van der Waals surface area (Å²) in [4.78, 5) is 0. The molecule has 1 aromatic rings. The van der Waals surface area contributed by atoms with Crippen LogP contribution in [0.15, 0.2) is 18.2 Å². The monoisotopic (exact) mass is 263 g/mol. The predicted molar refractivity (Wildman–Crippen MR) is 78.5 cm³/mol. The molecular formula is C16H25NO2. The molecule has 1 fully saturated rings. The molecule has 0 aromatic heterocycles. The Labute approximate surface area is 116 Å². The zero-order valence-corrected chi connectivity index (χ0v) is 11.8. The highest BCUT2D eigenvalue weighted by atomic mass is 16.5. The van der Waals surface area contributed by atoms with Gasteiger partial charge in [0.15, 0.2) is 0 Å². The van der Waals surface area contributed by atoms with Crippen LogP contribution in [0.25, 0.3) is 0 Å². The first-order valence-electron chi connectivity index (χ1n) is 7.41. The topological polar surface area (TPSA) is 41.5 Å². The van der Waals surface area contributed by atoms with Gasteiger partial charge in [-0.25, -0.2) is 0 Å². The molecule has 0 amide bonds. The van der Waals surface area contributed by atoms with Crippen molar-refractivity contribution in [1.82, 2.24) is 0 Å². The van der Waals surface area contributed by atoms with Crippen molar-refractivity contribution in [1.29, 1.82) is 0 Å². The molecule has 3 nitrogen and oxygen atoms in total. The zero-order chi connectivity index (χ0) is 13.5. The molecule has 2 rings (SSSR count). The second-order valence-electron chi connectivity index (χ2n) is 5.48. The van der Waals surface area contributed by atoms with Crippen LogP contribution in [0, 0.1) is 6.92 Å². The first-order chi connectivity index (χ1) is 9.25. The minimum absolute atomic E-state index is 0.284. The Kier molecular flexibility index (Phi) is 5.52. The molecule has 1 aliphatic carbocycles. The van der Waals surface area contributed by atoms with Crippen molar-refractivity contribution in [3.8, 4) is 5.75 Å². The number of phenolic OH excluding ortho intramolecular Hbond substituents is 1. The van der Waals surface area contributed by atoms with Crippen LogP contribution in [-0.4, -0.2) is 17.9 Å². The van der Waals surface area contributed by atoms with E-state index in [1.807, 2.05) is 19.1 Å². The van der Waals surface area contributed by atoms with Crippen LogP contribution in [0.2, 0.25) is 0 Å². The smallest absolute Gasteiger partial charge is 0.138 e. The van der Waals surface area contributed by atoms with E-state index in [4.69, 9.17) is 4.74 Å². The number of anilines is 1. The fraction of sp³-hybridized carbons (Fsp3) is 0.625. The summed E-state index contributed by atoms with van der Waals surface area (Å²) in [5, 5.41) is 12.9.